The smallest absolute Gasteiger partial charge is 0.354 e. The molecule has 21 heavy (non-hydrogen) atoms. The van der Waals surface area contributed by atoms with Crippen molar-refractivity contribution in [2.75, 3.05) is 13.1 Å². The number of alkyl halides is 3. The number of nitrogens with one attached hydrogen (secondary N) is 2. The Balaban J connectivity index is 2.59. The van der Waals surface area contributed by atoms with Crippen LogP contribution >= 0.6 is 0 Å². The molecule has 0 atom stereocenters. The van der Waals surface area contributed by atoms with Crippen LogP contribution in [-0.2, 0) is 11.0 Å². The van der Waals surface area contributed by atoms with Crippen LogP contribution in [-0.4, -0.2) is 24.9 Å². The summed E-state index contributed by atoms with van der Waals surface area (Å²) in [6, 6.07) is 4.56. The van der Waals surface area contributed by atoms with E-state index in [1.807, 2.05) is 0 Å². The summed E-state index contributed by atoms with van der Waals surface area (Å²) >= 11 is 0. The molecule has 0 aliphatic rings. The summed E-state index contributed by atoms with van der Waals surface area (Å²) in [7, 11) is 0. The third-order valence-electron chi connectivity index (χ3n) is 2.71. The summed E-state index contributed by atoms with van der Waals surface area (Å²) in [6.45, 7) is 3.65. The number of benzene rings is 1. The van der Waals surface area contributed by atoms with E-state index in [9.17, 15) is 22.8 Å². The lowest BCUT2D eigenvalue weighted by molar-refractivity contribution is -0.138. The molecule has 1 aromatic carbocycles. The van der Waals surface area contributed by atoms with E-state index < -0.39 is 23.2 Å². The zero-order valence-electron chi connectivity index (χ0n) is 11.8. The van der Waals surface area contributed by atoms with Crippen molar-refractivity contribution in [3.63, 3.8) is 0 Å². The molecule has 7 heteroatoms. The third kappa shape index (κ3) is 5.09. The molecule has 1 rings (SSSR count). The standard InChI is InChI=1S/C14H17F3N2O2/c1-9(2)12(20)18-7-8-19-13(21)10-5-3-4-6-11(10)14(15,16)17/h3-6,9H,7-8H2,1-2H3,(H,18,20)(H,19,21). The van der Waals surface area contributed by atoms with Gasteiger partial charge < -0.3 is 10.6 Å². The summed E-state index contributed by atoms with van der Waals surface area (Å²) in [5, 5.41) is 4.91. The van der Waals surface area contributed by atoms with Gasteiger partial charge in [-0.2, -0.15) is 13.2 Å². The Kier molecular flexibility index (Phi) is 5.75. The Labute approximate surface area is 120 Å². The first-order valence-corrected chi connectivity index (χ1v) is 6.45. The average Bonchev–Trinajstić information content (AvgIpc) is 2.42. The van der Waals surface area contributed by atoms with Crippen LogP contribution in [0.15, 0.2) is 24.3 Å². The normalized spacial score (nSPS) is 11.3. The SMILES string of the molecule is CC(C)C(=O)NCCNC(=O)c1ccccc1C(F)(F)F. The fourth-order valence-corrected chi connectivity index (χ4v) is 1.59. The van der Waals surface area contributed by atoms with Gasteiger partial charge in [0.25, 0.3) is 5.91 Å². The van der Waals surface area contributed by atoms with Crippen molar-refractivity contribution in [2.24, 2.45) is 5.92 Å². The predicted molar refractivity (Wildman–Crippen MR) is 71.6 cm³/mol. The molecule has 0 radical (unpaired) electrons. The van der Waals surface area contributed by atoms with Crippen molar-refractivity contribution in [3.8, 4) is 0 Å². The second-order valence-corrected chi connectivity index (χ2v) is 4.74. The number of hydrogen-bond acceptors (Lipinski definition) is 2. The molecule has 0 spiro atoms. The zero-order chi connectivity index (χ0) is 16.0. The van der Waals surface area contributed by atoms with E-state index in [4.69, 9.17) is 0 Å². The first-order valence-electron chi connectivity index (χ1n) is 6.45. The molecule has 0 saturated heterocycles. The van der Waals surface area contributed by atoms with E-state index in [1.54, 1.807) is 13.8 Å². The largest absolute Gasteiger partial charge is 0.417 e. The summed E-state index contributed by atoms with van der Waals surface area (Å²) in [5.41, 5.74) is -1.41. The number of carbonyl (C=O) groups is 2. The van der Waals surface area contributed by atoms with Crippen LogP contribution in [0.25, 0.3) is 0 Å². The minimum atomic E-state index is -4.58. The van der Waals surface area contributed by atoms with Gasteiger partial charge in [0, 0.05) is 19.0 Å². The average molecular weight is 302 g/mol. The van der Waals surface area contributed by atoms with Crippen LogP contribution in [0.1, 0.15) is 29.8 Å². The van der Waals surface area contributed by atoms with Gasteiger partial charge in [-0.1, -0.05) is 26.0 Å². The van der Waals surface area contributed by atoms with Gasteiger partial charge in [0.2, 0.25) is 5.91 Å². The van der Waals surface area contributed by atoms with Crippen molar-refractivity contribution in [2.45, 2.75) is 20.0 Å². The van der Waals surface area contributed by atoms with Crippen LogP contribution in [0.3, 0.4) is 0 Å². The van der Waals surface area contributed by atoms with Crippen molar-refractivity contribution in [3.05, 3.63) is 35.4 Å². The molecular weight excluding hydrogens is 285 g/mol. The van der Waals surface area contributed by atoms with Crippen LogP contribution in [0.4, 0.5) is 13.2 Å². The second kappa shape index (κ2) is 7.10. The van der Waals surface area contributed by atoms with E-state index in [0.717, 1.165) is 12.1 Å². The summed E-state index contributed by atoms with van der Waals surface area (Å²) < 4.78 is 38.3. The third-order valence-corrected chi connectivity index (χ3v) is 2.71. The van der Waals surface area contributed by atoms with Gasteiger partial charge in [-0.3, -0.25) is 9.59 Å². The van der Waals surface area contributed by atoms with Crippen molar-refractivity contribution < 1.29 is 22.8 Å². The van der Waals surface area contributed by atoms with Gasteiger partial charge in [0.1, 0.15) is 0 Å². The number of amides is 2. The molecule has 0 fully saturated rings. The van der Waals surface area contributed by atoms with Crippen LogP contribution in [0.5, 0.6) is 0 Å². The Morgan fingerprint density at radius 1 is 1.10 bits per heavy atom. The molecule has 4 nitrogen and oxygen atoms in total. The van der Waals surface area contributed by atoms with Gasteiger partial charge in [-0.05, 0) is 12.1 Å². The highest BCUT2D eigenvalue weighted by molar-refractivity contribution is 5.95. The van der Waals surface area contributed by atoms with E-state index in [2.05, 4.69) is 10.6 Å². The van der Waals surface area contributed by atoms with Gasteiger partial charge in [0.05, 0.1) is 11.1 Å². The minimum Gasteiger partial charge on any atom is -0.354 e. The van der Waals surface area contributed by atoms with Gasteiger partial charge in [-0.15, -0.1) is 0 Å². The number of hydrogen-bond donors (Lipinski definition) is 2. The molecule has 0 bridgehead atoms. The lowest BCUT2D eigenvalue weighted by Gasteiger charge is -2.13. The molecule has 0 heterocycles. The van der Waals surface area contributed by atoms with Gasteiger partial charge in [0.15, 0.2) is 0 Å². The molecule has 2 N–H and O–H groups in total. The molecule has 1 aromatic rings. The summed E-state index contributed by atoms with van der Waals surface area (Å²) in [5.74, 6) is -1.19. The summed E-state index contributed by atoms with van der Waals surface area (Å²) in [4.78, 5) is 23.0. The maximum absolute atomic E-state index is 12.8. The minimum absolute atomic E-state index is 0.0590. The van der Waals surface area contributed by atoms with Crippen molar-refractivity contribution in [1.29, 1.82) is 0 Å². The van der Waals surface area contributed by atoms with E-state index >= 15 is 0 Å². The highest BCUT2D eigenvalue weighted by atomic mass is 19.4. The quantitative estimate of drug-likeness (QED) is 0.819. The van der Waals surface area contributed by atoms with E-state index in [0.29, 0.717) is 0 Å². The molecular formula is C14H17F3N2O2. The zero-order valence-corrected chi connectivity index (χ0v) is 11.8. The predicted octanol–water partition coefficient (Wildman–Crippen LogP) is 2.21. The molecule has 0 aliphatic heterocycles. The number of halogens is 3. The monoisotopic (exact) mass is 302 g/mol. The fraction of sp³-hybridized carbons (Fsp3) is 0.429. The Morgan fingerprint density at radius 3 is 2.24 bits per heavy atom. The van der Waals surface area contributed by atoms with E-state index in [1.165, 1.54) is 12.1 Å². The molecule has 0 aliphatic carbocycles. The fourth-order valence-electron chi connectivity index (χ4n) is 1.59. The Morgan fingerprint density at radius 2 is 1.67 bits per heavy atom. The lowest BCUT2D eigenvalue weighted by Crippen LogP contribution is -2.36. The maximum Gasteiger partial charge on any atom is 0.417 e. The molecule has 0 aromatic heterocycles. The number of carbonyl (C=O) groups excluding carboxylic acids is 2. The molecule has 2 amide bonds. The number of rotatable bonds is 5. The molecule has 0 unspecified atom stereocenters. The molecule has 116 valence electrons. The first-order chi connectivity index (χ1) is 9.73. The highest BCUT2D eigenvalue weighted by Crippen LogP contribution is 2.31. The Bertz CT molecular complexity index is 513. The van der Waals surface area contributed by atoms with Crippen molar-refractivity contribution >= 4 is 11.8 Å². The lowest BCUT2D eigenvalue weighted by atomic mass is 10.1. The van der Waals surface area contributed by atoms with Crippen LogP contribution < -0.4 is 10.6 Å². The van der Waals surface area contributed by atoms with Crippen LogP contribution in [0.2, 0.25) is 0 Å². The topological polar surface area (TPSA) is 58.2 Å². The van der Waals surface area contributed by atoms with Gasteiger partial charge >= 0.3 is 6.18 Å². The van der Waals surface area contributed by atoms with E-state index in [-0.39, 0.29) is 24.9 Å². The summed E-state index contributed by atoms with van der Waals surface area (Å²) in [6.07, 6.45) is -4.58. The maximum atomic E-state index is 12.8. The van der Waals surface area contributed by atoms with Crippen molar-refractivity contribution in [1.82, 2.24) is 10.6 Å². The highest BCUT2D eigenvalue weighted by Gasteiger charge is 2.34. The van der Waals surface area contributed by atoms with Gasteiger partial charge in [-0.25, -0.2) is 0 Å². The Hall–Kier alpha value is -2.05. The van der Waals surface area contributed by atoms with Crippen LogP contribution in [0, 0.1) is 5.92 Å². The molecule has 0 saturated carbocycles. The second-order valence-electron chi connectivity index (χ2n) is 4.74. The first kappa shape index (κ1) is 17.0.